The van der Waals surface area contributed by atoms with E-state index in [1.165, 1.54) is 0 Å². The molecule has 0 spiro atoms. The molecule has 1 heterocycles. The molecule has 0 aromatic heterocycles. The van der Waals surface area contributed by atoms with E-state index in [0.717, 1.165) is 10.5 Å². The van der Waals surface area contributed by atoms with Crippen LogP contribution in [0.2, 0.25) is 0 Å². The van der Waals surface area contributed by atoms with Crippen molar-refractivity contribution in [3.8, 4) is 0 Å². The van der Waals surface area contributed by atoms with Gasteiger partial charge in [-0.25, -0.2) is 9.59 Å². The van der Waals surface area contributed by atoms with Crippen molar-refractivity contribution in [3.05, 3.63) is 41.1 Å². The third-order valence-corrected chi connectivity index (χ3v) is 4.85. The van der Waals surface area contributed by atoms with E-state index in [0.29, 0.717) is 24.4 Å². The van der Waals surface area contributed by atoms with Crippen LogP contribution in [0, 0.1) is 0 Å². The molecule has 0 bridgehead atoms. The predicted molar refractivity (Wildman–Crippen MR) is 97.4 cm³/mol. The van der Waals surface area contributed by atoms with Gasteiger partial charge in [0.15, 0.2) is 0 Å². The molecular weight excluding hydrogens is 340 g/mol. The summed E-state index contributed by atoms with van der Waals surface area (Å²) < 4.78 is 10.2. The molecule has 0 saturated heterocycles. The molecule has 1 N–H and O–H groups in total. The number of carbonyl (C=O) groups is 2. The Morgan fingerprint density at radius 1 is 1.28 bits per heavy atom. The van der Waals surface area contributed by atoms with E-state index >= 15 is 0 Å². The number of carbonyl (C=O) groups excluding carboxylic acids is 2. The van der Waals surface area contributed by atoms with Gasteiger partial charge in [-0.15, -0.1) is 11.8 Å². The summed E-state index contributed by atoms with van der Waals surface area (Å²) in [5.41, 5.74) is 1.92. The summed E-state index contributed by atoms with van der Waals surface area (Å²) in [7, 11) is 1.55. The first-order chi connectivity index (χ1) is 12.0. The SMILES string of the molecule is CCN1C(=O)N[C@@H](c2ccc(SC)cc2)C(C(=O)OCCOC)=C1C. The second kappa shape index (κ2) is 8.92. The lowest BCUT2D eigenvalue weighted by Gasteiger charge is -2.34. The number of amides is 2. The Bertz CT molecular complexity index is 658. The Morgan fingerprint density at radius 3 is 2.52 bits per heavy atom. The van der Waals surface area contributed by atoms with Gasteiger partial charge in [-0.1, -0.05) is 12.1 Å². The van der Waals surface area contributed by atoms with Gasteiger partial charge in [-0.3, -0.25) is 4.90 Å². The molecule has 2 rings (SSSR count). The maximum atomic E-state index is 12.6. The quantitative estimate of drug-likeness (QED) is 0.458. The number of nitrogens with zero attached hydrogens (tertiary/aromatic N) is 1. The molecule has 0 unspecified atom stereocenters. The van der Waals surface area contributed by atoms with Crippen molar-refractivity contribution in [1.29, 1.82) is 0 Å². The van der Waals surface area contributed by atoms with Gasteiger partial charge in [-0.2, -0.15) is 0 Å². The third kappa shape index (κ3) is 4.35. The number of methoxy groups -OCH3 is 1. The zero-order valence-electron chi connectivity index (χ0n) is 15.0. The molecule has 7 heteroatoms. The summed E-state index contributed by atoms with van der Waals surface area (Å²) in [4.78, 5) is 27.7. The van der Waals surface area contributed by atoms with Crippen LogP contribution in [0.25, 0.3) is 0 Å². The van der Waals surface area contributed by atoms with E-state index in [1.54, 1.807) is 30.7 Å². The van der Waals surface area contributed by atoms with Crippen molar-refractivity contribution in [3.63, 3.8) is 0 Å². The summed E-state index contributed by atoms with van der Waals surface area (Å²) in [6.45, 7) is 4.62. The molecule has 25 heavy (non-hydrogen) atoms. The average molecular weight is 364 g/mol. The monoisotopic (exact) mass is 364 g/mol. The minimum atomic E-state index is -0.527. The summed E-state index contributed by atoms with van der Waals surface area (Å²) in [5.74, 6) is -0.438. The number of nitrogens with one attached hydrogen (secondary N) is 1. The Hall–Kier alpha value is -1.99. The van der Waals surface area contributed by atoms with Crippen LogP contribution in [0.3, 0.4) is 0 Å². The third-order valence-electron chi connectivity index (χ3n) is 4.10. The minimum absolute atomic E-state index is 0.171. The minimum Gasteiger partial charge on any atom is -0.460 e. The fourth-order valence-corrected chi connectivity index (χ4v) is 3.18. The van der Waals surface area contributed by atoms with Gasteiger partial charge in [0.2, 0.25) is 0 Å². The van der Waals surface area contributed by atoms with E-state index in [-0.39, 0.29) is 12.6 Å². The Kier molecular flexibility index (Phi) is 6.90. The molecule has 0 radical (unpaired) electrons. The average Bonchev–Trinajstić information content (AvgIpc) is 2.61. The second-order valence-corrected chi connectivity index (χ2v) is 6.41. The highest BCUT2D eigenvalue weighted by Crippen LogP contribution is 2.32. The zero-order valence-corrected chi connectivity index (χ0v) is 15.8. The number of hydrogen-bond donors (Lipinski definition) is 1. The lowest BCUT2D eigenvalue weighted by Crippen LogP contribution is -2.47. The molecule has 0 aliphatic carbocycles. The fraction of sp³-hybridized carbons (Fsp3) is 0.444. The van der Waals surface area contributed by atoms with E-state index in [2.05, 4.69) is 5.32 Å². The maximum absolute atomic E-state index is 12.6. The van der Waals surface area contributed by atoms with Gasteiger partial charge < -0.3 is 14.8 Å². The molecule has 1 aromatic carbocycles. The molecule has 0 saturated carbocycles. The number of ether oxygens (including phenoxy) is 2. The molecule has 0 fully saturated rings. The molecule has 136 valence electrons. The van der Waals surface area contributed by atoms with Gasteiger partial charge >= 0.3 is 12.0 Å². The van der Waals surface area contributed by atoms with Crippen LogP contribution in [-0.2, 0) is 14.3 Å². The van der Waals surface area contributed by atoms with Gasteiger partial charge in [0.25, 0.3) is 0 Å². The van der Waals surface area contributed by atoms with Gasteiger partial charge in [0.05, 0.1) is 18.2 Å². The van der Waals surface area contributed by atoms with Crippen LogP contribution in [0.5, 0.6) is 0 Å². The Balaban J connectivity index is 2.38. The van der Waals surface area contributed by atoms with E-state index in [4.69, 9.17) is 9.47 Å². The van der Waals surface area contributed by atoms with Crippen molar-refractivity contribution in [2.45, 2.75) is 24.8 Å². The number of esters is 1. The number of allylic oxidation sites excluding steroid dienone is 1. The van der Waals surface area contributed by atoms with Crippen molar-refractivity contribution in [2.75, 3.05) is 33.1 Å². The summed E-state index contributed by atoms with van der Waals surface area (Å²) >= 11 is 1.64. The van der Waals surface area contributed by atoms with Crippen LogP contribution in [-0.4, -0.2) is 50.0 Å². The molecule has 2 amide bonds. The first-order valence-corrected chi connectivity index (χ1v) is 9.34. The molecule has 1 atom stereocenters. The van der Waals surface area contributed by atoms with Crippen LogP contribution >= 0.6 is 11.8 Å². The van der Waals surface area contributed by atoms with Crippen molar-refractivity contribution < 1.29 is 19.1 Å². The summed E-state index contributed by atoms with van der Waals surface area (Å²) in [6, 6.07) is 7.05. The van der Waals surface area contributed by atoms with Crippen LogP contribution in [0.1, 0.15) is 25.5 Å². The second-order valence-electron chi connectivity index (χ2n) is 5.53. The van der Waals surface area contributed by atoms with E-state index in [9.17, 15) is 9.59 Å². The first-order valence-electron chi connectivity index (χ1n) is 8.12. The summed E-state index contributed by atoms with van der Waals surface area (Å²) in [6.07, 6.45) is 2.00. The van der Waals surface area contributed by atoms with E-state index in [1.807, 2.05) is 37.4 Å². The number of hydrogen-bond acceptors (Lipinski definition) is 5. The fourth-order valence-electron chi connectivity index (χ4n) is 2.77. The Labute approximate surface area is 152 Å². The lowest BCUT2D eigenvalue weighted by atomic mass is 9.95. The first kappa shape index (κ1) is 19.3. The lowest BCUT2D eigenvalue weighted by molar-refractivity contribution is -0.140. The summed E-state index contributed by atoms with van der Waals surface area (Å²) in [5, 5.41) is 2.91. The number of thioether (sulfide) groups is 1. The number of urea groups is 1. The molecule has 1 aliphatic rings. The maximum Gasteiger partial charge on any atom is 0.338 e. The standard InChI is InChI=1S/C18H24N2O4S/c1-5-20-12(2)15(17(21)24-11-10-23-3)16(19-18(20)22)13-6-8-14(25-4)9-7-13/h6-9,16H,5,10-11H2,1-4H3,(H,19,22)/t16-/m0/s1. The van der Waals surface area contributed by atoms with Gasteiger partial charge in [0, 0.05) is 24.2 Å². The number of rotatable bonds is 7. The topological polar surface area (TPSA) is 67.9 Å². The van der Waals surface area contributed by atoms with Crippen molar-refractivity contribution in [1.82, 2.24) is 10.2 Å². The van der Waals surface area contributed by atoms with Crippen LogP contribution in [0.4, 0.5) is 4.79 Å². The molecule has 6 nitrogen and oxygen atoms in total. The molecule has 1 aromatic rings. The van der Waals surface area contributed by atoms with Crippen molar-refractivity contribution >= 4 is 23.8 Å². The van der Waals surface area contributed by atoms with Crippen LogP contribution in [0.15, 0.2) is 40.4 Å². The highest BCUT2D eigenvalue weighted by Gasteiger charge is 2.35. The van der Waals surface area contributed by atoms with Gasteiger partial charge in [-0.05, 0) is 37.8 Å². The van der Waals surface area contributed by atoms with Crippen LogP contribution < -0.4 is 5.32 Å². The highest BCUT2D eigenvalue weighted by atomic mass is 32.2. The predicted octanol–water partition coefficient (Wildman–Crippen LogP) is 2.96. The van der Waals surface area contributed by atoms with E-state index < -0.39 is 12.0 Å². The zero-order chi connectivity index (χ0) is 18.4. The normalized spacial score (nSPS) is 17.5. The largest absolute Gasteiger partial charge is 0.460 e. The molecular formula is C18H24N2O4S. The smallest absolute Gasteiger partial charge is 0.338 e. The Morgan fingerprint density at radius 2 is 1.96 bits per heavy atom. The molecule has 1 aliphatic heterocycles. The highest BCUT2D eigenvalue weighted by molar-refractivity contribution is 7.98. The van der Waals surface area contributed by atoms with Gasteiger partial charge in [0.1, 0.15) is 6.61 Å². The number of benzene rings is 1. The van der Waals surface area contributed by atoms with Crippen molar-refractivity contribution in [2.24, 2.45) is 0 Å².